The van der Waals surface area contributed by atoms with Crippen LogP contribution in [0, 0.1) is 5.82 Å². The number of hydrogen-bond acceptors (Lipinski definition) is 3. The third-order valence-corrected chi connectivity index (χ3v) is 5.84. The molecular weight excluding hydrogens is 361 g/mol. The molecule has 1 fully saturated rings. The number of benzene rings is 2. The predicted octanol–water partition coefficient (Wildman–Crippen LogP) is 5.13. The molecule has 3 nitrogen and oxygen atoms in total. The Morgan fingerprint density at radius 1 is 1.16 bits per heavy atom. The molecule has 0 radical (unpaired) electrons. The van der Waals surface area contributed by atoms with E-state index in [0.29, 0.717) is 16.5 Å². The average Bonchev–Trinajstić information content (AvgIpc) is 2.60. The highest BCUT2D eigenvalue weighted by Crippen LogP contribution is 2.34. The standard InChI is InChI=1S/C19H19ClFNO2S/c20-17-11-13(4-9-18(17)21)22-19(24)12-2-1-3-16(10-12)25-15-7-5-14(23)6-8-15/h1-4,9-11,14-15,23H,5-8H2,(H,22,24). The van der Waals surface area contributed by atoms with Gasteiger partial charge in [-0.25, -0.2) is 4.39 Å². The first-order valence-electron chi connectivity index (χ1n) is 8.22. The molecule has 3 rings (SSSR count). The maximum Gasteiger partial charge on any atom is 0.255 e. The molecular formula is C19H19ClFNO2S. The molecule has 6 heteroatoms. The molecule has 25 heavy (non-hydrogen) atoms. The van der Waals surface area contributed by atoms with E-state index in [4.69, 9.17) is 11.6 Å². The number of rotatable bonds is 4. The van der Waals surface area contributed by atoms with Crippen LogP contribution >= 0.6 is 23.4 Å². The Morgan fingerprint density at radius 3 is 2.64 bits per heavy atom. The van der Waals surface area contributed by atoms with Crippen LogP contribution in [0.1, 0.15) is 36.0 Å². The number of amides is 1. The van der Waals surface area contributed by atoms with Gasteiger partial charge < -0.3 is 10.4 Å². The molecule has 0 bridgehead atoms. The fourth-order valence-electron chi connectivity index (χ4n) is 2.84. The molecule has 0 aromatic heterocycles. The van der Waals surface area contributed by atoms with Gasteiger partial charge in [-0.1, -0.05) is 17.7 Å². The quantitative estimate of drug-likeness (QED) is 0.774. The van der Waals surface area contributed by atoms with Crippen LogP contribution in [0.25, 0.3) is 0 Å². The Hall–Kier alpha value is -1.56. The molecule has 2 N–H and O–H groups in total. The van der Waals surface area contributed by atoms with Gasteiger partial charge >= 0.3 is 0 Å². The van der Waals surface area contributed by atoms with Crippen LogP contribution < -0.4 is 5.32 Å². The summed E-state index contributed by atoms with van der Waals surface area (Å²) in [6.07, 6.45) is 3.47. The predicted molar refractivity (Wildman–Crippen MR) is 99.9 cm³/mol. The molecule has 2 aromatic rings. The van der Waals surface area contributed by atoms with E-state index in [1.807, 2.05) is 18.2 Å². The van der Waals surface area contributed by atoms with Crippen LogP contribution in [0.2, 0.25) is 5.02 Å². The lowest BCUT2D eigenvalue weighted by Crippen LogP contribution is -2.19. The van der Waals surface area contributed by atoms with Crippen LogP contribution in [-0.4, -0.2) is 22.4 Å². The second kappa shape index (κ2) is 8.21. The monoisotopic (exact) mass is 379 g/mol. The first-order chi connectivity index (χ1) is 12.0. The lowest BCUT2D eigenvalue weighted by atomic mass is 9.97. The SMILES string of the molecule is O=C(Nc1ccc(F)c(Cl)c1)c1cccc(SC2CCC(O)CC2)c1. The minimum Gasteiger partial charge on any atom is -0.393 e. The molecule has 132 valence electrons. The number of hydrogen-bond donors (Lipinski definition) is 2. The third-order valence-electron chi connectivity index (χ3n) is 4.22. The molecule has 0 aliphatic heterocycles. The summed E-state index contributed by atoms with van der Waals surface area (Å²) in [5, 5.41) is 12.8. The van der Waals surface area contributed by atoms with Gasteiger partial charge in [0.15, 0.2) is 0 Å². The van der Waals surface area contributed by atoms with E-state index in [1.165, 1.54) is 18.2 Å². The zero-order valence-corrected chi connectivity index (χ0v) is 15.1. The summed E-state index contributed by atoms with van der Waals surface area (Å²) in [5.41, 5.74) is 0.997. The molecule has 0 heterocycles. The molecule has 2 aromatic carbocycles. The van der Waals surface area contributed by atoms with E-state index >= 15 is 0 Å². The first kappa shape index (κ1) is 18.2. The molecule has 1 aliphatic carbocycles. The van der Waals surface area contributed by atoms with Gasteiger partial charge in [0.1, 0.15) is 5.82 Å². The number of halogens is 2. The molecule has 0 spiro atoms. The molecule has 1 aliphatic rings. The number of thioether (sulfide) groups is 1. The summed E-state index contributed by atoms with van der Waals surface area (Å²) < 4.78 is 13.2. The Balaban J connectivity index is 1.65. The van der Waals surface area contributed by atoms with E-state index in [2.05, 4.69) is 5.32 Å². The van der Waals surface area contributed by atoms with Crippen molar-refractivity contribution in [2.24, 2.45) is 0 Å². The normalized spacial score (nSPS) is 20.3. The number of nitrogens with one attached hydrogen (secondary N) is 1. The fraction of sp³-hybridized carbons (Fsp3) is 0.316. The van der Waals surface area contributed by atoms with Crippen molar-refractivity contribution in [1.29, 1.82) is 0 Å². The second-order valence-corrected chi connectivity index (χ2v) is 7.94. The van der Waals surface area contributed by atoms with Gasteiger partial charge in [0.2, 0.25) is 0 Å². The second-order valence-electron chi connectivity index (χ2n) is 6.16. The van der Waals surface area contributed by atoms with Crippen molar-refractivity contribution in [3.63, 3.8) is 0 Å². The Kier molecular flexibility index (Phi) is 5.99. The van der Waals surface area contributed by atoms with Gasteiger partial charge in [-0.2, -0.15) is 0 Å². The summed E-state index contributed by atoms with van der Waals surface area (Å²) in [4.78, 5) is 13.4. The van der Waals surface area contributed by atoms with Crippen molar-refractivity contribution in [2.45, 2.75) is 41.9 Å². The Morgan fingerprint density at radius 2 is 1.92 bits per heavy atom. The average molecular weight is 380 g/mol. The number of carbonyl (C=O) groups excluding carboxylic acids is 1. The minimum absolute atomic E-state index is 0.0263. The third kappa shape index (κ3) is 4.97. The highest BCUT2D eigenvalue weighted by Gasteiger charge is 2.20. The smallest absolute Gasteiger partial charge is 0.255 e. The summed E-state index contributed by atoms with van der Waals surface area (Å²) in [6, 6.07) is 11.5. The molecule has 0 saturated heterocycles. The van der Waals surface area contributed by atoms with Gasteiger partial charge in [0.25, 0.3) is 5.91 Å². The van der Waals surface area contributed by atoms with Crippen LogP contribution in [0.5, 0.6) is 0 Å². The van der Waals surface area contributed by atoms with E-state index in [1.54, 1.807) is 17.8 Å². The summed E-state index contributed by atoms with van der Waals surface area (Å²) >= 11 is 7.49. The molecule has 1 amide bonds. The molecule has 0 unspecified atom stereocenters. The van der Waals surface area contributed by atoms with Crippen molar-refractivity contribution in [3.8, 4) is 0 Å². The zero-order valence-electron chi connectivity index (χ0n) is 13.5. The van der Waals surface area contributed by atoms with Gasteiger partial charge in [-0.3, -0.25) is 4.79 Å². The van der Waals surface area contributed by atoms with Crippen LogP contribution in [0.4, 0.5) is 10.1 Å². The van der Waals surface area contributed by atoms with Gasteiger partial charge in [-0.05, 0) is 62.1 Å². The Labute approximate surface area is 155 Å². The first-order valence-corrected chi connectivity index (χ1v) is 9.48. The largest absolute Gasteiger partial charge is 0.393 e. The van der Waals surface area contributed by atoms with Gasteiger partial charge in [0.05, 0.1) is 11.1 Å². The zero-order chi connectivity index (χ0) is 17.8. The van der Waals surface area contributed by atoms with Gasteiger partial charge in [0, 0.05) is 21.4 Å². The number of aliphatic hydroxyl groups is 1. The summed E-state index contributed by atoms with van der Waals surface area (Å²) in [6.45, 7) is 0. The summed E-state index contributed by atoms with van der Waals surface area (Å²) in [7, 11) is 0. The van der Waals surface area contributed by atoms with Crippen molar-refractivity contribution < 1.29 is 14.3 Å². The van der Waals surface area contributed by atoms with E-state index < -0.39 is 5.82 Å². The number of aliphatic hydroxyl groups excluding tert-OH is 1. The lowest BCUT2D eigenvalue weighted by Gasteiger charge is -2.24. The Bertz CT molecular complexity index is 763. The molecule has 1 saturated carbocycles. The van der Waals surface area contributed by atoms with Crippen LogP contribution in [0.15, 0.2) is 47.4 Å². The fourth-order valence-corrected chi connectivity index (χ4v) is 4.27. The topological polar surface area (TPSA) is 49.3 Å². The highest BCUT2D eigenvalue weighted by molar-refractivity contribution is 8.00. The number of anilines is 1. The van der Waals surface area contributed by atoms with Crippen LogP contribution in [-0.2, 0) is 0 Å². The van der Waals surface area contributed by atoms with Crippen LogP contribution in [0.3, 0.4) is 0 Å². The van der Waals surface area contributed by atoms with Crippen molar-refractivity contribution in [2.75, 3.05) is 5.32 Å². The number of carbonyl (C=O) groups is 1. The lowest BCUT2D eigenvalue weighted by molar-refractivity contribution is 0.102. The van der Waals surface area contributed by atoms with E-state index in [9.17, 15) is 14.3 Å². The molecule has 0 atom stereocenters. The maximum absolute atomic E-state index is 13.2. The van der Waals surface area contributed by atoms with Crippen molar-refractivity contribution in [1.82, 2.24) is 0 Å². The van der Waals surface area contributed by atoms with Gasteiger partial charge in [-0.15, -0.1) is 11.8 Å². The van der Waals surface area contributed by atoms with E-state index in [-0.39, 0.29) is 17.0 Å². The van der Waals surface area contributed by atoms with Crippen molar-refractivity contribution >= 4 is 35.0 Å². The maximum atomic E-state index is 13.2. The van der Waals surface area contributed by atoms with E-state index in [0.717, 1.165) is 30.6 Å². The minimum atomic E-state index is -0.518. The summed E-state index contributed by atoms with van der Waals surface area (Å²) in [5.74, 6) is -0.778. The highest BCUT2D eigenvalue weighted by atomic mass is 35.5. The van der Waals surface area contributed by atoms with Crippen molar-refractivity contribution in [3.05, 3.63) is 58.9 Å².